The molecule has 0 bridgehead atoms. The summed E-state index contributed by atoms with van der Waals surface area (Å²) < 4.78 is 26.6. The van der Waals surface area contributed by atoms with Crippen LogP contribution in [0, 0.1) is 17.6 Å². The molecule has 1 saturated heterocycles. The Balaban J connectivity index is 0.000000251. The zero-order valence-corrected chi connectivity index (χ0v) is 23.9. The van der Waals surface area contributed by atoms with Gasteiger partial charge in [0.1, 0.15) is 0 Å². The van der Waals surface area contributed by atoms with Crippen LogP contribution in [0.3, 0.4) is 0 Å². The second kappa shape index (κ2) is 13.3. The Bertz CT molecular complexity index is 1310. The third-order valence-electron chi connectivity index (χ3n) is 8.40. The summed E-state index contributed by atoms with van der Waals surface area (Å²) in [7, 11) is 1.57. The van der Waals surface area contributed by atoms with Crippen LogP contribution < -0.4 is 5.32 Å². The molecule has 2 N–H and O–H groups in total. The van der Waals surface area contributed by atoms with E-state index in [2.05, 4.69) is 22.3 Å². The van der Waals surface area contributed by atoms with E-state index in [4.69, 9.17) is 5.11 Å². The van der Waals surface area contributed by atoms with Crippen LogP contribution in [-0.2, 0) is 10.3 Å². The molecule has 2 aliphatic rings. The van der Waals surface area contributed by atoms with Gasteiger partial charge in [-0.05, 0) is 66.8 Å². The summed E-state index contributed by atoms with van der Waals surface area (Å²) in [5.74, 6) is -0.727. The smallest absolute Gasteiger partial charge is 0.407 e. The first-order valence-electron chi connectivity index (χ1n) is 14.1. The van der Waals surface area contributed by atoms with E-state index in [-0.39, 0.29) is 17.5 Å². The molecule has 0 spiro atoms. The molecule has 8 heteroatoms. The number of likely N-dealkylation sites (tertiary alicyclic amines) is 1. The van der Waals surface area contributed by atoms with Crippen LogP contribution >= 0.6 is 0 Å². The van der Waals surface area contributed by atoms with Gasteiger partial charge in [0, 0.05) is 33.6 Å². The van der Waals surface area contributed by atoms with E-state index in [1.165, 1.54) is 17.0 Å². The fourth-order valence-electron chi connectivity index (χ4n) is 5.75. The lowest BCUT2D eigenvalue weighted by Gasteiger charge is -2.43. The van der Waals surface area contributed by atoms with Gasteiger partial charge in [0.25, 0.3) is 0 Å². The first kappa shape index (κ1) is 30.2. The molecule has 2 amide bonds. The monoisotopic (exact) mass is 563 g/mol. The lowest BCUT2D eigenvalue weighted by molar-refractivity contribution is -0.121. The van der Waals surface area contributed by atoms with Gasteiger partial charge in [-0.3, -0.25) is 4.79 Å². The second-order valence-corrected chi connectivity index (χ2v) is 11.2. The van der Waals surface area contributed by atoms with Crippen LogP contribution in [0.15, 0.2) is 78.9 Å². The van der Waals surface area contributed by atoms with E-state index in [1.807, 2.05) is 55.5 Å². The molecule has 0 radical (unpaired) electrons. The molecule has 41 heavy (non-hydrogen) atoms. The fraction of sp³-hybridized carbons (Fsp3) is 0.394. The maximum Gasteiger partial charge on any atom is 0.407 e. The highest BCUT2D eigenvalue weighted by Gasteiger charge is 2.42. The van der Waals surface area contributed by atoms with Crippen LogP contribution in [0.2, 0.25) is 0 Å². The molecule has 1 heterocycles. The third kappa shape index (κ3) is 7.70. The average Bonchev–Trinajstić information content (AvgIpc) is 3.75. The van der Waals surface area contributed by atoms with Crippen molar-refractivity contribution in [3.05, 3.63) is 107 Å². The molecule has 1 unspecified atom stereocenters. The van der Waals surface area contributed by atoms with Crippen LogP contribution in [0.25, 0.3) is 0 Å². The summed E-state index contributed by atoms with van der Waals surface area (Å²) in [4.78, 5) is 26.2. The topological polar surface area (TPSA) is 72.9 Å². The van der Waals surface area contributed by atoms with Gasteiger partial charge >= 0.3 is 6.09 Å². The van der Waals surface area contributed by atoms with E-state index in [9.17, 15) is 18.4 Å². The number of carbonyl (C=O) groups is 2. The number of nitrogens with one attached hydrogen (secondary N) is 1. The molecule has 5 rings (SSSR count). The van der Waals surface area contributed by atoms with Gasteiger partial charge in [-0.2, -0.15) is 0 Å². The van der Waals surface area contributed by atoms with Crippen molar-refractivity contribution in [2.24, 2.45) is 5.92 Å². The lowest BCUT2D eigenvalue weighted by Crippen LogP contribution is -2.52. The summed E-state index contributed by atoms with van der Waals surface area (Å²) in [5, 5.41) is 11.9. The minimum atomic E-state index is -0.906. The van der Waals surface area contributed by atoms with Crippen LogP contribution in [-0.4, -0.2) is 53.6 Å². The zero-order valence-electron chi connectivity index (χ0n) is 23.9. The Morgan fingerprint density at radius 3 is 2.17 bits per heavy atom. The Labute approximate surface area is 241 Å². The van der Waals surface area contributed by atoms with Gasteiger partial charge in [0.2, 0.25) is 5.91 Å². The number of benzene rings is 3. The normalized spacial score (nSPS) is 20.2. The van der Waals surface area contributed by atoms with Gasteiger partial charge in [0.15, 0.2) is 11.6 Å². The maximum absolute atomic E-state index is 13.5. The van der Waals surface area contributed by atoms with E-state index in [0.717, 1.165) is 55.6 Å². The molecule has 2 fully saturated rings. The van der Waals surface area contributed by atoms with E-state index < -0.39 is 17.7 Å². The van der Waals surface area contributed by atoms with Crippen molar-refractivity contribution in [3.8, 4) is 0 Å². The number of halogens is 2. The molecule has 218 valence electrons. The fourth-order valence-corrected chi connectivity index (χ4v) is 5.75. The largest absolute Gasteiger partial charge is 0.465 e. The molecule has 1 aliphatic carbocycles. The van der Waals surface area contributed by atoms with Gasteiger partial charge in [0.05, 0.1) is 11.6 Å². The van der Waals surface area contributed by atoms with E-state index in [0.29, 0.717) is 11.8 Å². The van der Waals surface area contributed by atoms with Crippen molar-refractivity contribution < 1.29 is 23.5 Å². The van der Waals surface area contributed by atoms with Crippen molar-refractivity contribution in [1.29, 1.82) is 0 Å². The molecular weight excluding hydrogens is 524 g/mol. The number of hydrogen-bond acceptors (Lipinski definition) is 3. The minimum absolute atomic E-state index is 0.00195. The molecular formula is C33H39F2N3O3. The van der Waals surface area contributed by atoms with Gasteiger partial charge < -0.3 is 20.2 Å². The number of hydrogen-bond donors (Lipinski definition) is 2. The number of piperidine rings is 1. The first-order chi connectivity index (χ1) is 19.6. The highest BCUT2D eigenvalue weighted by molar-refractivity contribution is 5.74. The zero-order chi connectivity index (χ0) is 29.6. The highest BCUT2D eigenvalue weighted by Crippen LogP contribution is 2.48. The van der Waals surface area contributed by atoms with Crippen molar-refractivity contribution in [2.75, 3.05) is 26.7 Å². The predicted molar refractivity (Wildman–Crippen MR) is 155 cm³/mol. The summed E-state index contributed by atoms with van der Waals surface area (Å²) in [6.45, 7) is 6.23. The number of rotatable bonds is 7. The highest BCUT2D eigenvalue weighted by atomic mass is 19.2. The molecule has 6 nitrogen and oxygen atoms in total. The average molecular weight is 564 g/mol. The summed E-state index contributed by atoms with van der Waals surface area (Å²) >= 11 is 0. The van der Waals surface area contributed by atoms with Crippen LogP contribution in [0.5, 0.6) is 0 Å². The minimum Gasteiger partial charge on any atom is -0.465 e. The van der Waals surface area contributed by atoms with Crippen molar-refractivity contribution in [3.63, 3.8) is 0 Å². The molecule has 1 saturated carbocycles. The summed E-state index contributed by atoms with van der Waals surface area (Å²) in [5.41, 5.74) is 2.77. The molecule has 1 aliphatic heterocycles. The van der Waals surface area contributed by atoms with Crippen molar-refractivity contribution in [1.82, 2.24) is 15.1 Å². The summed E-state index contributed by atoms with van der Waals surface area (Å²) in [6.07, 6.45) is 1.87. The quantitative estimate of drug-likeness (QED) is 0.342. The molecule has 3 aromatic rings. The molecule has 3 atom stereocenters. The van der Waals surface area contributed by atoms with E-state index in [1.54, 1.807) is 20.0 Å². The van der Waals surface area contributed by atoms with Gasteiger partial charge in [-0.25, -0.2) is 13.6 Å². The number of carbonyl (C=O) groups excluding carboxylic acids is 1. The number of amides is 2. The summed E-state index contributed by atoms with van der Waals surface area (Å²) in [6, 6.07) is 23.9. The Hall–Kier alpha value is -3.78. The first-order valence-corrected chi connectivity index (χ1v) is 14.1. The Kier molecular flexibility index (Phi) is 9.76. The lowest BCUT2D eigenvalue weighted by atomic mass is 9.80. The predicted octanol–water partition coefficient (Wildman–Crippen LogP) is 6.55. The van der Waals surface area contributed by atoms with Gasteiger partial charge in [-0.15, -0.1) is 0 Å². The number of nitrogens with zero attached hydrogens (tertiary/aromatic N) is 2. The Morgan fingerprint density at radius 1 is 1.00 bits per heavy atom. The maximum atomic E-state index is 13.5. The van der Waals surface area contributed by atoms with Crippen molar-refractivity contribution >= 4 is 12.0 Å². The molecule has 0 aromatic heterocycles. The van der Waals surface area contributed by atoms with Crippen molar-refractivity contribution in [2.45, 2.75) is 50.6 Å². The van der Waals surface area contributed by atoms with Crippen LogP contribution in [0.4, 0.5) is 13.6 Å². The number of carboxylic acid groups (broad SMARTS) is 1. The van der Waals surface area contributed by atoms with Gasteiger partial charge in [-0.1, -0.05) is 66.7 Å². The van der Waals surface area contributed by atoms with Crippen LogP contribution in [0.1, 0.15) is 61.8 Å². The second-order valence-electron chi connectivity index (χ2n) is 11.2. The SMILES string of the molecule is CC(=O)NC1(c2ccccc2)CCN(C[C@@H]2C[C@@H]2c2ccc(F)c(F)c2)CC1.CC(c1ccccc1)N(C)C(=O)O. The Morgan fingerprint density at radius 2 is 1.61 bits per heavy atom. The molecule has 3 aromatic carbocycles. The third-order valence-corrected chi connectivity index (χ3v) is 8.40. The van der Waals surface area contributed by atoms with E-state index >= 15 is 0 Å². The standard InChI is InChI=1S/C23H26F2N2O.C10H13NO2/c1-16(28)26-23(19-5-3-2-4-6-19)9-11-27(12-10-23)15-18-13-20(18)17-7-8-21(24)22(25)14-17;1-8(11(2)10(12)13)9-6-4-3-5-7-9/h2-8,14,18,20H,9-13,15H2,1H3,(H,26,28);3-8H,1-2H3,(H,12,13)/t18-,20+;/m0./s1.